The molecule has 1 aromatic rings. The molecule has 2 rings (SSSR count). The van der Waals surface area contributed by atoms with E-state index in [0.29, 0.717) is 5.56 Å². The van der Waals surface area contributed by atoms with Gasteiger partial charge in [0.2, 0.25) is 0 Å². The number of phenols is 1. The second-order valence-electron chi connectivity index (χ2n) is 5.96. The minimum Gasteiger partial charge on any atom is -0.507 e. The monoisotopic (exact) mass is 291 g/mol. The molecule has 1 aromatic carbocycles. The molecule has 0 radical (unpaired) electrons. The highest BCUT2D eigenvalue weighted by molar-refractivity contribution is 5.97. The van der Waals surface area contributed by atoms with E-state index in [-0.39, 0.29) is 11.7 Å². The normalized spacial score (nSPS) is 16.5. The maximum absolute atomic E-state index is 12.4. The Labute approximate surface area is 126 Å². The lowest BCUT2D eigenvalue weighted by Gasteiger charge is -2.35. The molecule has 0 spiro atoms. The first-order chi connectivity index (χ1) is 9.97. The molecule has 5 nitrogen and oxygen atoms in total. The van der Waals surface area contributed by atoms with Gasteiger partial charge < -0.3 is 14.9 Å². The molecule has 21 heavy (non-hydrogen) atoms. The van der Waals surface area contributed by atoms with Gasteiger partial charge in [-0.05, 0) is 38.7 Å². The first-order valence-corrected chi connectivity index (χ1v) is 7.43. The van der Waals surface area contributed by atoms with Crippen LogP contribution in [-0.4, -0.2) is 79.1 Å². The highest BCUT2D eigenvalue weighted by Gasteiger charge is 2.23. The Bertz CT molecular complexity index is 494. The van der Waals surface area contributed by atoms with Crippen LogP contribution in [0, 0.1) is 6.92 Å². The number of phenolic OH excluding ortho intramolecular Hbond substituents is 1. The van der Waals surface area contributed by atoms with Crippen molar-refractivity contribution in [2.75, 3.05) is 53.4 Å². The number of aryl methyl sites for hydroxylation is 1. The molecule has 1 aliphatic rings. The third-order valence-electron chi connectivity index (χ3n) is 3.91. The molecular weight excluding hydrogens is 266 g/mol. The Morgan fingerprint density at radius 1 is 1.24 bits per heavy atom. The number of amides is 1. The van der Waals surface area contributed by atoms with E-state index in [0.717, 1.165) is 44.8 Å². The summed E-state index contributed by atoms with van der Waals surface area (Å²) in [6, 6.07) is 5.21. The molecule has 0 saturated carbocycles. The van der Waals surface area contributed by atoms with Crippen LogP contribution in [0.25, 0.3) is 0 Å². The fraction of sp³-hybridized carbons (Fsp3) is 0.562. The lowest BCUT2D eigenvalue weighted by molar-refractivity contribution is 0.0627. The number of piperazine rings is 1. The van der Waals surface area contributed by atoms with Gasteiger partial charge in [0.05, 0.1) is 5.56 Å². The van der Waals surface area contributed by atoms with Crippen LogP contribution in [0.2, 0.25) is 0 Å². The van der Waals surface area contributed by atoms with E-state index in [4.69, 9.17) is 0 Å². The molecule has 1 N–H and O–H groups in total. The first-order valence-electron chi connectivity index (χ1n) is 7.43. The van der Waals surface area contributed by atoms with Crippen molar-refractivity contribution in [3.63, 3.8) is 0 Å². The molecule has 1 amide bonds. The Morgan fingerprint density at radius 2 is 1.90 bits per heavy atom. The maximum atomic E-state index is 12.4. The Balaban J connectivity index is 1.91. The van der Waals surface area contributed by atoms with Crippen molar-refractivity contribution in [2.45, 2.75) is 6.92 Å². The second kappa shape index (κ2) is 6.91. The molecule has 1 fully saturated rings. The standard InChI is InChI=1S/C16H25N3O2/c1-13-4-5-14(15(20)12-13)16(21)19-10-8-18(9-11-19)7-6-17(2)3/h4-5,12,20H,6-11H2,1-3H3. The van der Waals surface area contributed by atoms with Crippen molar-refractivity contribution in [3.05, 3.63) is 29.3 Å². The van der Waals surface area contributed by atoms with Gasteiger partial charge in [-0.15, -0.1) is 0 Å². The first kappa shape index (κ1) is 15.8. The van der Waals surface area contributed by atoms with Gasteiger partial charge in [-0.25, -0.2) is 0 Å². The Hall–Kier alpha value is -1.59. The minimum absolute atomic E-state index is 0.0697. The Morgan fingerprint density at radius 3 is 2.48 bits per heavy atom. The quantitative estimate of drug-likeness (QED) is 0.900. The number of benzene rings is 1. The number of aromatic hydroxyl groups is 1. The third kappa shape index (κ3) is 4.19. The number of carbonyl (C=O) groups excluding carboxylic acids is 1. The summed E-state index contributed by atoms with van der Waals surface area (Å²) in [6.45, 7) is 7.20. The number of nitrogens with zero attached hydrogens (tertiary/aromatic N) is 3. The predicted molar refractivity (Wildman–Crippen MR) is 83.7 cm³/mol. The molecule has 0 unspecified atom stereocenters. The van der Waals surface area contributed by atoms with E-state index < -0.39 is 0 Å². The summed E-state index contributed by atoms with van der Waals surface area (Å²) in [5.41, 5.74) is 1.36. The fourth-order valence-electron chi connectivity index (χ4n) is 2.51. The van der Waals surface area contributed by atoms with Gasteiger partial charge in [-0.2, -0.15) is 0 Å². The molecule has 0 aliphatic carbocycles. The maximum Gasteiger partial charge on any atom is 0.257 e. The number of carbonyl (C=O) groups is 1. The van der Waals surface area contributed by atoms with Gasteiger partial charge in [-0.1, -0.05) is 6.07 Å². The molecule has 5 heteroatoms. The molecule has 0 atom stereocenters. The van der Waals surface area contributed by atoms with E-state index in [1.54, 1.807) is 12.1 Å². The Kier molecular flexibility index (Phi) is 5.20. The van der Waals surface area contributed by atoms with E-state index in [9.17, 15) is 9.90 Å². The van der Waals surface area contributed by atoms with E-state index in [2.05, 4.69) is 23.9 Å². The molecule has 1 aliphatic heterocycles. The second-order valence-corrected chi connectivity index (χ2v) is 5.96. The number of hydrogen-bond donors (Lipinski definition) is 1. The summed E-state index contributed by atoms with van der Waals surface area (Å²) in [4.78, 5) is 18.8. The van der Waals surface area contributed by atoms with Gasteiger partial charge in [0, 0.05) is 39.3 Å². The van der Waals surface area contributed by atoms with Crippen molar-refractivity contribution in [2.24, 2.45) is 0 Å². The molecular formula is C16H25N3O2. The topological polar surface area (TPSA) is 47.0 Å². The summed E-state index contributed by atoms with van der Waals surface area (Å²) in [7, 11) is 4.14. The SMILES string of the molecule is Cc1ccc(C(=O)N2CCN(CCN(C)C)CC2)c(O)c1. The average molecular weight is 291 g/mol. The predicted octanol–water partition coefficient (Wildman–Crippen LogP) is 1.02. The fourth-order valence-corrected chi connectivity index (χ4v) is 2.51. The lowest BCUT2D eigenvalue weighted by Crippen LogP contribution is -2.50. The average Bonchev–Trinajstić information content (AvgIpc) is 2.45. The summed E-state index contributed by atoms with van der Waals surface area (Å²) in [5, 5.41) is 9.93. The summed E-state index contributed by atoms with van der Waals surface area (Å²) in [5.74, 6) is 0.00907. The number of hydrogen-bond acceptors (Lipinski definition) is 4. The van der Waals surface area contributed by atoms with Crippen LogP contribution in [0.15, 0.2) is 18.2 Å². The van der Waals surface area contributed by atoms with E-state index in [1.165, 1.54) is 0 Å². The molecule has 1 heterocycles. The van der Waals surface area contributed by atoms with E-state index >= 15 is 0 Å². The highest BCUT2D eigenvalue weighted by atomic mass is 16.3. The van der Waals surface area contributed by atoms with Crippen molar-refractivity contribution in [1.82, 2.24) is 14.7 Å². The third-order valence-corrected chi connectivity index (χ3v) is 3.91. The van der Waals surface area contributed by atoms with Gasteiger partial charge in [-0.3, -0.25) is 9.69 Å². The van der Waals surface area contributed by atoms with Crippen molar-refractivity contribution in [3.8, 4) is 5.75 Å². The minimum atomic E-state index is -0.0697. The largest absolute Gasteiger partial charge is 0.507 e. The highest BCUT2D eigenvalue weighted by Crippen LogP contribution is 2.20. The molecule has 0 aromatic heterocycles. The van der Waals surface area contributed by atoms with E-state index in [1.807, 2.05) is 17.9 Å². The number of rotatable bonds is 4. The molecule has 1 saturated heterocycles. The summed E-state index contributed by atoms with van der Waals surface area (Å²) < 4.78 is 0. The van der Waals surface area contributed by atoms with Crippen LogP contribution in [0.4, 0.5) is 0 Å². The van der Waals surface area contributed by atoms with Gasteiger partial charge in [0.1, 0.15) is 5.75 Å². The van der Waals surface area contributed by atoms with Crippen LogP contribution < -0.4 is 0 Å². The zero-order valence-electron chi connectivity index (χ0n) is 13.2. The van der Waals surface area contributed by atoms with Crippen LogP contribution >= 0.6 is 0 Å². The summed E-state index contributed by atoms with van der Waals surface area (Å²) in [6.07, 6.45) is 0. The van der Waals surface area contributed by atoms with Gasteiger partial charge >= 0.3 is 0 Å². The van der Waals surface area contributed by atoms with Crippen LogP contribution in [-0.2, 0) is 0 Å². The van der Waals surface area contributed by atoms with Crippen LogP contribution in [0.5, 0.6) is 5.75 Å². The summed E-state index contributed by atoms with van der Waals surface area (Å²) >= 11 is 0. The molecule has 116 valence electrons. The molecule has 0 bridgehead atoms. The van der Waals surface area contributed by atoms with Crippen molar-refractivity contribution >= 4 is 5.91 Å². The van der Waals surface area contributed by atoms with Gasteiger partial charge in [0.15, 0.2) is 0 Å². The van der Waals surface area contributed by atoms with Crippen LogP contribution in [0.3, 0.4) is 0 Å². The zero-order valence-corrected chi connectivity index (χ0v) is 13.2. The smallest absolute Gasteiger partial charge is 0.257 e. The van der Waals surface area contributed by atoms with Crippen molar-refractivity contribution in [1.29, 1.82) is 0 Å². The van der Waals surface area contributed by atoms with Crippen LogP contribution in [0.1, 0.15) is 15.9 Å². The van der Waals surface area contributed by atoms with Crippen molar-refractivity contribution < 1.29 is 9.90 Å². The van der Waals surface area contributed by atoms with Gasteiger partial charge in [0.25, 0.3) is 5.91 Å². The lowest BCUT2D eigenvalue weighted by atomic mass is 10.1. The zero-order chi connectivity index (χ0) is 15.4. The number of likely N-dealkylation sites (N-methyl/N-ethyl adjacent to an activating group) is 1.